The second-order valence-corrected chi connectivity index (χ2v) is 7.89. The zero-order valence-electron chi connectivity index (χ0n) is 18.5. The summed E-state index contributed by atoms with van der Waals surface area (Å²) in [5.41, 5.74) is 4.26. The van der Waals surface area contributed by atoms with Crippen molar-refractivity contribution in [3.63, 3.8) is 0 Å². The van der Waals surface area contributed by atoms with Crippen molar-refractivity contribution < 1.29 is 4.79 Å². The minimum absolute atomic E-state index is 0.109. The number of anilines is 3. The van der Waals surface area contributed by atoms with Gasteiger partial charge in [-0.25, -0.2) is 9.78 Å². The van der Waals surface area contributed by atoms with E-state index in [9.17, 15) is 9.59 Å². The number of pyridine rings is 2. The topological polar surface area (TPSA) is 79.3 Å². The van der Waals surface area contributed by atoms with Crippen LogP contribution in [0.25, 0.3) is 22.0 Å². The van der Waals surface area contributed by atoms with Gasteiger partial charge < -0.3 is 20.1 Å². The first-order valence-corrected chi connectivity index (χ1v) is 10.2. The summed E-state index contributed by atoms with van der Waals surface area (Å²) in [6.45, 7) is 1.94. The Bertz CT molecular complexity index is 1360. The number of nitrogens with zero attached hydrogens (tertiary/aromatic N) is 3. The lowest BCUT2D eigenvalue weighted by Crippen LogP contribution is -2.21. The van der Waals surface area contributed by atoms with Gasteiger partial charge in [-0.05, 0) is 48.4 Å². The van der Waals surface area contributed by atoms with Crippen LogP contribution in [0.4, 0.5) is 22.0 Å². The lowest BCUT2D eigenvalue weighted by molar-refractivity contribution is 0.262. The van der Waals surface area contributed by atoms with E-state index in [0.29, 0.717) is 16.9 Å². The molecule has 0 saturated carbocycles. The molecule has 0 fully saturated rings. The summed E-state index contributed by atoms with van der Waals surface area (Å²) < 4.78 is 1.64. The average Bonchev–Trinajstić information content (AvgIpc) is 2.78. The number of aromatic nitrogens is 2. The molecule has 4 rings (SSSR count). The smallest absolute Gasteiger partial charge is 0.323 e. The summed E-state index contributed by atoms with van der Waals surface area (Å²) in [5.74, 6) is 0.784. The number of para-hydroxylation sites is 1. The number of benzene rings is 2. The molecule has 2 N–H and O–H groups in total. The summed E-state index contributed by atoms with van der Waals surface area (Å²) in [7, 11) is 5.59. The minimum Gasteiger partial charge on any atom is -0.363 e. The van der Waals surface area contributed by atoms with Crippen molar-refractivity contribution in [2.24, 2.45) is 7.05 Å². The predicted octanol–water partition coefficient (Wildman–Crippen LogP) is 4.62. The minimum atomic E-state index is -0.349. The highest BCUT2D eigenvalue weighted by atomic mass is 16.2. The van der Waals surface area contributed by atoms with Gasteiger partial charge in [0.15, 0.2) is 0 Å². The molecular formula is C25H25N5O2. The molecule has 0 aliphatic rings. The third-order valence-corrected chi connectivity index (χ3v) is 5.37. The van der Waals surface area contributed by atoms with E-state index < -0.39 is 0 Å². The number of carbonyl (C=O) groups excluding carboxylic acids is 1. The van der Waals surface area contributed by atoms with E-state index in [1.807, 2.05) is 86.6 Å². The van der Waals surface area contributed by atoms with Crippen molar-refractivity contribution in [2.45, 2.75) is 6.92 Å². The number of nitrogens with one attached hydrogen (secondary N) is 2. The van der Waals surface area contributed by atoms with Crippen LogP contribution in [0.5, 0.6) is 0 Å². The lowest BCUT2D eigenvalue weighted by Gasteiger charge is -2.15. The van der Waals surface area contributed by atoms with Crippen molar-refractivity contribution in [1.29, 1.82) is 0 Å². The van der Waals surface area contributed by atoms with Crippen LogP contribution in [0, 0.1) is 6.92 Å². The van der Waals surface area contributed by atoms with Gasteiger partial charge in [-0.1, -0.05) is 24.3 Å². The third-order valence-electron chi connectivity index (χ3n) is 5.37. The van der Waals surface area contributed by atoms with Crippen LogP contribution in [-0.4, -0.2) is 29.7 Å². The van der Waals surface area contributed by atoms with E-state index in [4.69, 9.17) is 0 Å². The zero-order valence-corrected chi connectivity index (χ0v) is 18.5. The Balaban J connectivity index is 1.70. The number of carbonyl (C=O) groups is 1. The predicted molar refractivity (Wildman–Crippen MR) is 131 cm³/mol. The van der Waals surface area contributed by atoms with Crippen molar-refractivity contribution in [1.82, 2.24) is 9.55 Å². The van der Waals surface area contributed by atoms with E-state index in [-0.39, 0.29) is 11.6 Å². The first kappa shape index (κ1) is 21.1. The standard InChI is InChI=1S/C25H25N5O2/c1-16-10-11-19(28-25(32)27-18-8-6-5-7-9-18)13-20(16)21-12-17-15-26-23(29(2)3)14-22(17)30(4)24(21)31/h5-15H,1-4H3,(H2,27,28,32). The molecule has 0 atom stereocenters. The fourth-order valence-corrected chi connectivity index (χ4v) is 3.60. The molecule has 0 spiro atoms. The van der Waals surface area contributed by atoms with Crippen LogP contribution in [-0.2, 0) is 7.05 Å². The van der Waals surface area contributed by atoms with Crippen LogP contribution >= 0.6 is 0 Å². The SMILES string of the molecule is Cc1ccc(NC(=O)Nc2ccccc2)cc1-c1cc2cnc(N(C)C)cc2n(C)c1=O. The van der Waals surface area contributed by atoms with E-state index in [1.165, 1.54) is 0 Å². The van der Waals surface area contributed by atoms with Gasteiger partial charge in [-0.15, -0.1) is 0 Å². The number of rotatable bonds is 4. The highest BCUT2D eigenvalue weighted by molar-refractivity contribution is 6.00. The lowest BCUT2D eigenvalue weighted by atomic mass is 9.99. The molecule has 0 radical (unpaired) electrons. The maximum Gasteiger partial charge on any atom is 0.323 e. The van der Waals surface area contributed by atoms with Crippen molar-refractivity contribution in [2.75, 3.05) is 29.6 Å². The molecule has 0 unspecified atom stereocenters. The molecule has 2 aromatic carbocycles. The summed E-state index contributed by atoms with van der Waals surface area (Å²) in [5, 5.41) is 6.51. The quantitative estimate of drug-likeness (QED) is 0.498. The summed E-state index contributed by atoms with van der Waals surface area (Å²) in [6, 6.07) is 18.2. The second kappa shape index (κ2) is 8.55. The van der Waals surface area contributed by atoms with Gasteiger partial charge in [0.1, 0.15) is 5.82 Å². The van der Waals surface area contributed by atoms with Gasteiger partial charge in [-0.3, -0.25) is 4.79 Å². The van der Waals surface area contributed by atoms with Gasteiger partial charge in [0.25, 0.3) is 5.56 Å². The van der Waals surface area contributed by atoms with Gasteiger partial charge >= 0.3 is 6.03 Å². The summed E-state index contributed by atoms with van der Waals surface area (Å²) in [4.78, 5) is 32.0. The molecule has 0 bridgehead atoms. The van der Waals surface area contributed by atoms with Crippen molar-refractivity contribution in [3.8, 4) is 11.1 Å². The molecule has 2 heterocycles. The monoisotopic (exact) mass is 427 g/mol. The molecule has 0 aliphatic carbocycles. The van der Waals surface area contributed by atoms with Gasteiger partial charge in [0.05, 0.1) is 5.52 Å². The van der Waals surface area contributed by atoms with Gasteiger partial charge in [-0.2, -0.15) is 0 Å². The van der Waals surface area contributed by atoms with Crippen LogP contribution in [0.2, 0.25) is 0 Å². The van der Waals surface area contributed by atoms with Crippen LogP contribution in [0.3, 0.4) is 0 Å². The fourth-order valence-electron chi connectivity index (χ4n) is 3.60. The largest absolute Gasteiger partial charge is 0.363 e. The highest BCUT2D eigenvalue weighted by Crippen LogP contribution is 2.27. The fraction of sp³-hybridized carbons (Fsp3) is 0.160. The molecule has 2 aromatic heterocycles. The molecule has 4 aromatic rings. The zero-order chi connectivity index (χ0) is 22.8. The molecule has 162 valence electrons. The number of hydrogen-bond acceptors (Lipinski definition) is 4. The number of aryl methyl sites for hydroxylation is 2. The van der Waals surface area contributed by atoms with Crippen molar-refractivity contribution >= 4 is 34.1 Å². The van der Waals surface area contributed by atoms with Crippen LogP contribution in [0.15, 0.2) is 71.7 Å². The maximum absolute atomic E-state index is 13.2. The third kappa shape index (κ3) is 4.18. The number of hydrogen-bond donors (Lipinski definition) is 2. The molecular weight excluding hydrogens is 402 g/mol. The Morgan fingerprint density at radius 1 is 0.938 bits per heavy atom. The highest BCUT2D eigenvalue weighted by Gasteiger charge is 2.14. The first-order chi connectivity index (χ1) is 15.3. The first-order valence-electron chi connectivity index (χ1n) is 10.2. The Kier molecular flexibility index (Phi) is 5.64. The maximum atomic E-state index is 13.2. The van der Waals surface area contributed by atoms with E-state index in [1.54, 1.807) is 17.8 Å². The number of amides is 2. The Hall–Kier alpha value is -4.13. The van der Waals surface area contributed by atoms with Gasteiger partial charge in [0.2, 0.25) is 0 Å². The molecule has 7 heteroatoms. The van der Waals surface area contributed by atoms with Gasteiger partial charge in [0, 0.05) is 55.7 Å². The second-order valence-electron chi connectivity index (χ2n) is 7.89. The molecule has 32 heavy (non-hydrogen) atoms. The van der Waals surface area contributed by atoms with E-state index in [0.717, 1.165) is 27.8 Å². The molecule has 0 aliphatic heterocycles. The van der Waals surface area contributed by atoms with E-state index in [2.05, 4.69) is 15.6 Å². The number of fused-ring (bicyclic) bond motifs is 1. The Morgan fingerprint density at radius 3 is 2.38 bits per heavy atom. The van der Waals surface area contributed by atoms with Crippen LogP contribution < -0.4 is 21.1 Å². The molecule has 0 saturated heterocycles. The summed E-state index contributed by atoms with van der Waals surface area (Å²) >= 11 is 0. The number of urea groups is 1. The molecule has 2 amide bonds. The Morgan fingerprint density at radius 2 is 1.66 bits per heavy atom. The van der Waals surface area contributed by atoms with Crippen LogP contribution in [0.1, 0.15) is 5.56 Å². The Labute approximate surface area is 186 Å². The normalized spacial score (nSPS) is 10.8. The molecule has 7 nitrogen and oxygen atoms in total. The van der Waals surface area contributed by atoms with E-state index >= 15 is 0 Å². The average molecular weight is 428 g/mol. The summed E-state index contributed by atoms with van der Waals surface area (Å²) in [6.07, 6.45) is 1.78. The van der Waals surface area contributed by atoms with Crippen molar-refractivity contribution in [3.05, 3.63) is 82.8 Å².